The Kier molecular flexibility index (Phi) is 5.51. The number of pyridine rings is 1. The summed E-state index contributed by atoms with van der Waals surface area (Å²) >= 11 is 0. The quantitative estimate of drug-likeness (QED) is 0.790. The minimum Gasteiger partial charge on any atom is -0.489 e. The van der Waals surface area contributed by atoms with Gasteiger partial charge in [0.2, 0.25) is 0 Å². The molecule has 1 aliphatic rings. The lowest BCUT2D eigenvalue weighted by molar-refractivity contribution is 0.0584. The number of rotatable bonds is 4. The number of ether oxygens (including phenoxy) is 2. The van der Waals surface area contributed by atoms with Crippen LogP contribution in [0.3, 0.4) is 0 Å². The van der Waals surface area contributed by atoms with Gasteiger partial charge in [0.05, 0.1) is 18.9 Å². The second-order valence-corrected chi connectivity index (χ2v) is 6.31. The predicted octanol–water partition coefficient (Wildman–Crippen LogP) is 2.86. The fraction of sp³-hybridized carbons (Fsp3) is 0.350. The standard InChI is InChI=1S/C20H22N2O4/c1-14-3-8-18(13-21-14)26-17-9-11-22(12-10-17)19(23)15-4-6-16(7-5-15)20(24)25-2/h3-8,13,17H,9-12H2,1-2H3. The summed E-state index contributed by atoms with van der Waals surface area (Å²) in [4.78, 5) is 30.1. The van der Waals surface area contributed by atoms with E-state index in [2.05, 4.69) is 9.72 Å². The Morgan fingerprint density at radius 2 is 1.69 bits per heavy atom. The monoisotopic (exact) mass is 354 g/mol. The zero-order chi connectivity index (χ0) is 18.5. The van der Waals surface area contributed by atoms with Crippen LogP contribution in [0.5, 0.6) is 5.75 Å². The van der Waals surface area contributed by atoms with Gasteiger partial charge < -0.3 is 14.4 Å². The average Bonchev–Trinajstić information content (AvgIpc) is 2.69. The lowest BCUT2D eigenvalue weighted by Gasteiger charge is -2.32. The van der Waals surface area contributed by atoms with Gasteiger partial charge in [-0.05, 0) is 43.3 Å². The number of benzene rings is 1. The van der Waals surface area contributed by atoms with Crippen LogP contribution in [0.25, 0.3) is 0 Å². The maximum absolute atomic E-state index is 12.6. The summed E-state index contributed by atoms with van der Waals surface area (Å²) in [6.07, 6.45) is 3.38. The van der Waals surface area contributed by atoms with Crippen molar-refractivity contribution in [3.05, 3.63) is 59.4 Å². The second kappa shape index (κ2) is 7.99. The van der Waals surface area contributed by atoms with Gasteiger partial charge in [0.1, 0.15) is 11.9 Å². The summed E-state index contributed by atoms with van der Waals surface area (Å²) in [6.45, 7) is 3.22. The molecule has 3 rings (SSSR count). The van der Waals surface area contributed by atoms with Crippen molar-refractivity contribution in [2.75, 3.05) is 20.2 Å². The Morgan fingerprint density at radius 3 is 2.27 bits per heavy atom. The van der Waals surface area contributed by atoms with Crippen molar-refractivity contribution in [2.45, 2.75) is 25.9 Å². The van der Waals surface area contributed by atoms with Crippen molar-refractivity contribution >= 4 is 11.9 Å². The van der Waals surface area contributed by atoms with E-state index in [1.54, 1.807) is 30.5 Å². The van der Waals surface area contributed by atoms with Crippen LogP contribution in [-0.4, -0.2) is 48.1 Å². The van der Waals surface area contributed by atoms with Gasteiger partial charge in [0.25, 0.3) is 5.91 Å². The van der Waals surface area contributed by atoms with Crippen LogP contribution >= 0.6 is 0 Å². The van der Waals surface area contributed by atoms with E-state index in [1.807, 2.05) is 24.0 Å². The third-order valence-electron chi connectivity index (χ3n) is 4.47. The maximum Gasteiger partial charge on any atom is 0.337 e. The molecule has 0 N–H and O–H groups in total. The summed E-state index contributed by atoms with van der Waals surface area (Å²) in [5, 5.41) is 0. The van der Waals surface area contributed by atoms with Gasteiger partial charge in [-0.1, -0.05) is 0 Å². The average molecular weight is 354 g/mol. The lowest BCUT2D eigenvalue weighted by atomic mass is 10.1. The normalized spacial score (nSPS) is 14.8. The lowest BCUT2D eigenvalue weighted by Crippen LogP contribution is -2.41. The summed E-state index contributed by atoms with van der Waals surface area (Å²) in [5.41, 5.74) is 1.96. The smallest absolute Gasteiger partial charge is 0.337 e. The number of aromatic nitrogens is 1. The van der Waals surface area contributed by atoms with Gasteiger partial charge in [-0.3, -0.25) is 9.78 Å². The molecule has 26 heavy (non-hydrogen) atoms. The van der Waals surface area contributed by atoms with Crippen molar-refractivity contribution < 1.29 is 19.1 Å². The largest absolute Gasteiger partial charge is 0.489 e. The van der Waals surface area contributed by atoms with E-state index >= 15 is 0 Å². The van der Waals surface area contributed by atoms with Gasteiger partial charge >= 0.3 is 5.97 Å². The molecule has 0 bridgehead atoms. The van der Waals surface area contributed by atoms with Crippen molar-refractivity contribution in [3.63, 3.8) is 0 Å². The summed E-state index contributed by atoms with van der Waals surface area (Å²) in [7, 11) is 1.33. The number of aryl methyl sites for hydroxylation is 1. The van der Waals surface area contributed by atoms with E-state index in [-0.39, 0.29) is 12.0 Å². The molecular weight excluding hydrogens is 332 g/mol. The number of piperidine rings is 1. The summed E-state index contributed by atoms with van der Waals surface area (Å²) < 4.78 is 10.6. The van der Waals surface area contributed by atoms with Crippen LogP contribution < -0.4 is 4.74 Å². The third kappa shape index (κ3) is 4.20. The van der Waals surface area contributed by atoms with Gasteiger partial charge in [-0.15, -0.1) is 0 Å². The van der Waals surface area contributed by atoms with Crippen LogP contribution in [0.15, 0.2) is 42.6 Å². The molecule has 1 amide bonds. The highest BCUT2D eigenvalue weighted by atomic mass is 16.5. The SMILES string of the molecule is COC(=O)c1ccc(C(=O)N2CCC(Oc3ccc(C)nc3)CC2)cc1. The number of hydrogen-bond donors (Lipinski definition) is 0. The van der Waals surface area contributed by atoms with Crippen LogP contribution in [0, 0.1) is 6.92 Å². The Hall–Kier alpha value is -2.89. The highest BCUT2D eigenvalue weighted by molar-refractivity contribution is 5.96. The molecule has 1 saturated heterocycles. The molecule has 6 nitrogen and oxygen atoms in total. The number of hydrogen-bond acceptors (Lipinski definition) is 5. The first kappa shape index (κ1) is 17.9. The third-order valence-corrected chi connectivity index (χ3v) is 4.47. The fourth-order valence-corrected chi connectivity index (χ4v) is 2.94. The first-order chi connectivity index (χ1) is 12.6. The van der Waals surface area contributed by atoms with Crippen molar-refractivity contribution in [2.24, 2.45) is 0 Å². The molecule has 2 heterocycles. The molecule has 0 atom stereocenters. The molecule has 0 aliphatic carbocycles. The molecule has 2 aromatic rings. The van der Waals surface area contributed by atoms with Crippen molar-refractivity contribution in [1.82, 2.24) is 9.88 Å². The highest BCUT2D eigenvalue weighted by Crippen LogP contribution is 2.20. The Morgan fingerprint density at radius 1 is 1.04 bits per heavy atom. The van der Waals surface area contributed by atoms with E-state index in [0.29, 0.717) is 24.2 Å². The zero-order valence-corrected chi connectivity index (χ0v) is 15.0. The molecule has 0 unspecified atom stereocenters. The first-order valence-electron chi connectivity index (χ1n) is 8.64. The molecular formula is C20H22N2O4. The molecule has 0 spiro atoms. The van der Waals surface area contributed by atoms with Crippen molar-refractivity contribution in [1.29, 1.82) is 0 Å². The molecule has 1 aromatic carbocycles. The highest BCUT2D eigenvalue weighted by Gasteiger charge is 2.25. The Labute approximate surface area is 152 Å². The number of likely N-dealkylation sites (tertiary alicyclic amines) is 1. The number of methoxy groups -OCH3 is 1. The van der Waals surface area contributed by atoms with E-state index < -0.39 is 5.97 Å². The minimum atomic E-state index is -0.410. The second-order valence-electron chi connectivity index (χ2n) is 6.31. The van der Waals surface area contributed by atoms with Crippen LogP contribution in [0.4, 0.5) is 0 Å². The van der Waals surface area contributed by atoms with E-state index in [9.17, 15) is 9.59 Å². The molecule has 1 aromatic heterocycles. The zero-order valence-electron chi connectivity index (χ0n) is 15.0. The number of amides is 1. The predicted molar refractivity (Wildman–Crippen MR) is 96.3 cm³/mol. The molecule has 1 fully saturated rings. The Balaban J connectivity index is 1.54. The summed E-state index contributed by atoms with van der Waals surface area (Å²) in [6, 6.07) is 10.4. The Bertz CT molecular complexity index is 763. The van der Waals surface area contributed by atoms with Gasteiger partial charge in [-0.25, -0.2) is 4.79 Å². The first-order valence-corrected chi connectivity index (χ1v) is 8.64. The van der Waals surface area contributed by atoms with E-state index in [1.165, 1.54) is 7.11 Å². The van der Waals surface area contributed by atoms with Crippen LogP contribution in [-0.2, 0) is 4.74 Å². The molecule has 6 heteroatoms. The number of esters is 1. The minimum absolute atomic E-state index is 0.0307. The molecule has 1 aliphatic heterocycles. The molecule has 0 radical (unpaired) electrons. The topological polar surface area (TPSA) is 68.7 Å². The fourth-order valence-electron chi connectivity index (χ4n) is 2.94. The van der Waals surface area contributed by atoms with E-state index in [4.69, 9.17) is 4.74 Å². The maximum atomic E-state index is 12.6. The number of carbonyl (C=O) groups excluding carboxylic acids is 2. The van der Waals surface area contributed by atoms with Crippen molar-refractivity contribution in [3.8, 4) is 5.75 Å². The summed E-state index contributed by atoms with van der Waals surface area (Å²) in [5.74, 6) is 0.322. The van der Waals surface area contributed by atoms with Gasteiger partial charge in [0.15, 0.2) is 0 Å². The molecule has 136 valence electrons. The van der Waals surface area contributed by atoms with Crippen LogP contribution in [0.2, 0.25) is 0 Å². The number of nitrogens with zero attached hydrogens (tertiary/aromatic N) is 2. The number of carbonyl (C=O) groups is 2. The van der Waals surface area contributed by atoms with E-state index in [0.717, 1.165) is 24.3 Å². The van der Waals surface area contributed by atoms with Gasteiger partial charge in [0, 0.05) is 37.2 Å². The van der Waals surface area contributed by atoms with Crippen LogP contribution in [0.1, 0.15) is 39.3 Å². The molecule has 0 saturated carbocycles. The van der Waals surface area contributed by atoms with Gasteiger partial charge in [-0.2, -0.15) is 0 Å².